The van der Waals surface area contributed by atoms with E-state index < -0.39 is 26.3 Å². The lowest BCUT2D eigenvalue weighted by Crippen LogP contribution is -2.41. The van der Waals surface area contributed by atoms with Crippen LogP contribution in [0.4, 0.5) is 4.39 Å². The molecule has 0 aliphatic heterocycles. The fourth-order valence-corrected chi connectivity index (χ4v) is 2.70. The quantitative estimate of drug-likeness (QED) is 0.854. The first-order valence-electron chi connectivity index (χ1n) is 5.49. The molecule has 0 atom stereocenters. The molecule has 106 valence electrons. The van der Waals surface area contributed by atoms with Gasteiger partial charge in [0.1, 0.15) is 5.82 Å². The van der Waals surface area contributed by atoms with E-state index in [2.05, 4.69) is 5.32 Å². The summed E-state index contributed by atoms with van der Waals surface area (Å²) in [7, 11) is 1.22. The number of hydrogen-bond donors (Lipinski definition) is 1. The Balaban J connectivity index is 3.34. The number of hydrogen-bond acceptors (Lipinski definition) is 3. The molecule has 0 saturated heterocycles. The van der Waals surface area contributed by atoms with Crippen LogP contribution in [0.5, 0.6) is 0 Å². The third-order valence-electron chi connectivity index (χ3n) is 2.26. The predicted molar refractivity (Wildman–Crippen MR) is 71.4 cm³/mol. The number of carbonyl (C=O) groups excluding carboxylic acids is 1. The third-order valence-corrected chi connectivity index (χ3v) is 3.72. The minimum atomic E-state index is -4.02. The van der Waals surface area contributed by atoms with Gasteiger partial charge in [0.2, 0.25) is 0 Å². The first-order chi connectivity index (χ1) is 8.42. The highest BCUT2D eigenvalue weighted by molar-refractivity contribution is 8.13. The fourth-order valence-electron chi connectivity index (χ4n) is 1.50. The van der Waals surface area contributed by atoms with E-state index in [1.807, 2.05) is 0 Å². The van der Waals surface area contributed by atoms with Gasteiger partial charge >= 0.3 is 0 Å². The minimum Gasteiger partial charge on any atom is -0.347 e. The number of nitrogens with one attached hydrogen (secondary N) is 1. The van der Waals surface area contributed by atoms with E-state index in [9.17, 15) is 17.6 Å². The van der Waals surface area contributed by atoms with Crippen molar-refractivity contribution in [2.75, 3.05) is 0 Å². The van der Waals surface area contributed by atoms with Gasteiger partial charge in [-0.15, -0.1) is 0 Å². The number of amides is 1. The van der Waals surface area contributed by atoms with Crippen molar-refractivity contribution in [3.8, 4) is 0 Å². The van der Waals surface area contributed by atoms with Crippen molar-refractivity contribution >= 4 is 25.6 Å². The first-order valence-corrected chi connectivity index (χ1v) is 7.80. The molecule has 0 aliphatic carbocycles. The topological polar surface area (TPSA) is 63.2 Å². The Labute approximate surface area is 116 Å². The predicted octanol–water partition coefficient (Wildman–Crippen LogP) is 2.59. The number of benzene rings is 1. The van der Waals surface area contributed by atoms with E-state index in [0.29, 0.717) is 0 Å². The van der Waals surface area contributed by atoms with Gasteiger partial charge in [0.15, 0.2) is 0 Å². The molecule has 1 amide bonds. The molecule has 0 radical (unpaired) electrons. The van der Waals surface area contributed by atoms with Gasteiger partial charge in [-0.25, -0.2) is 12.8 Å². The van der Waals surface area contributed by atoms with Gasteiger partial charge in [0.05, 0.1) is 10.5 Å². The van der Waals surface area contributed by atoms with Gasteiger partial charge < -0.3 is 5.32 Å². The number of aryl methyl sites for hydroxylation is 1. The van der Waals surface area contributed by atoms with Gasteiger partial charge in [0.25, 0.3) is 15.0 Å². The lowest BCUT2D eigenvalue weighted by Gasteiger charge is -2.21. The van der Waals surface area contributed by atoms with Gasteiger partial charge in [-0.2, -0.15) is 0 Å². The summed E-state index contributed by atoms with van der Waals surface area (Å²) in [4.78, 5) is 11.6. The molecule has 19 heavy (non-hydrogen) atoms. The Morgan fingerprint density at radius 2 is 1.84 bits per heavy atom. The zero-order valence-corrected chi connectivity index (χ0v) is 12.6. The highest BCUT2D eigenvalue weighted by Gasteiger charge is 2.23. The Bertz CT molecular complexity index is 621. The van der Waals surface area contributed by atoms with E-state index in [4.69, 9.17) is 10.7 Å². The minimum absolute atomic E-state index is 0.153. The van der Waals surface area contributed by atoms with E-state index in [-0.39, 0.29) is 16.0 Å². The van der Waals surface area contributed by atoms with Crippen LogP contribution < -0.4 is 5.32 Å². The summed E-state index contributed by atoms with van der Waals surface area (Å²) in [5.41, 5.74) is -0.756. The van der Waals surface area contributed by atoms with Crippen LogP contribution in [-0.2, 0) is 9.05 Å². The molecule has 0 aliphatic rings. The molecular weight excluding hydrogens is 293 g/mol. The Morgan fingerprint density at radius 1 is 1.32 bits per heavy atom. The molecule has 0 bridgehead atoms. The Morgan fingerprint density at radius 3 is 2.26 bits per heavy atom. The lowest BCUT2D eigenvalue weighted by molar-refractivity contribution is 0.0915. The molecule has 0 saturated carbocycles. The van der Waals surface area contributed by atoms with E-state index in [1.165, 1.54) is 6.92 Å². The van der Waals surface area contributed by atoms with Gasteiger partial charge in [0, 0.05) is 16.2 Å². The average Bonchev–Trinajstić information content (AvgIpc) is 2.11. The average molecular weight is 308 g/mol. The molecule has 1 aromatic carbocycles. The van der Waals surface area contributed by atoms with Crippen LogP contribution in [0.1, 0.15) is 36.7 Å². The number of rotatable bonds is 2. The van der Waals surface area contributed by atoms with Crippen molar-refractivity contribution in [1.29, 1.82) is 0 Å². The molecule has 1 rings (SSSR count). The van der Waals surface area contributed by atoms with Crippen LogP contribution >= 0.6 is 10.7 Å². The molecule has 1 aromatic rings. The summed E-state index contributed by atoms with van der Waals surface area (Å²) in [6.45, 7) is 6.60. The standard InChI is InChI=1S/C12H15ClFNO3S/c1-7-5-9(14)8(6-10(7)19(13,17)18)11(16)15-12(2,3)4/h5-6H,1-4H3,(H,15,16). The van der Waals surface area contributed by atoms with Gasteiger partial charge in [-0.05, 0) is 45.4 Å². The molecular formula is C12H15ClFNO3S. The number of carbonyl (C=O) groups is 1. The van der Waals surface area contributed by atoms with E-state index in [1.54, 1.807) is 20.8 Å². The molecule has 0 aromatic heterocycles. The molecule has 1 N–H and O–H groups in total. The van der Waals surface area contributed by atoms with Crippen LogP contribution in [0.25, 0.3) is 0 Å². The zero-order chi connectivity index (χ0) is 15.0. The molecule has 0 spiro atoms. The van der Waals surface area contributed by atoms with Crippen molar-refractivity contribution in [3.05, 3.63) is 29.1 Å². The van der Waals surface area contributed by atoms with Crippen LogP contribution in [0, 0.1) is 12.7 Å². The summed E-state index contributed by atoms with van der Waals surface area (Å²) in [5, 5.41) is 2.56. The van der Waals surface area contributed by atoms with Crippen LogP contribution in [-0.4, -0.2) is 19.9 Å². The Kier molecular flexibility index (Phi) is 4.27. The largest absolute Gasteiger partial charge is 0.347 e. The second-order valence-corrected chi connectivity index (χ2v) is 7.77. The van der Waals surface area contributed by atoms with Crippen molar-refractivity contribution in [2.45, 2.75) is 38.1 Å². The zero-order valence-electron chi connectivity index (χ0n) is 11.0. The van der Waals surface area contributed by atoms with Crippen LogP contribution in [0.3, 0.4) is 0 Å². The molecule has 0 unspecified atom stereocenters. The van der Waals surface area contributed by atoms with E-state index in [0.717, 1.165) is 12.1 Å². The summed E-state index contributed by atoms with van der Waals surface area (Å²) in [6.07, 6.45) is 0. The molecule has 7 heteroatoms. The van der Waals surface area contributed by atoms with Crippen LogP contribution in [0.2, 0.25) is 0 Å². The lowest BCUT2D eigenvalue weighted by atomic mass is 10.1. The molecule has 4 nitrogen and oxygen atoms in total. The van der Waals surface area contributed by atoms with Crippen molar-refractivity contribution in [1.82, 2.24) is 5.32 Å². The van der Waals surface area contributed by atoms with E-state index >= 15 is 0 Å². The van der Waals surface area contributed by atoms with Crippen molar-refractivity contribution < 1.29 is 17.6 Å². The van der Waals surface area contributed by atoms with Crippen molar-refractivity contribution in [2.24, 2.45) is 0 Å². The summed E-state index contributed by atoms with van der Waals surface area (Å²) in [6, 6.07) is 1.93. The van der Waals surface area contributed by atoms with Crippen molar-refractivity contribution in [3.63, 3.8) is 0 Å². The van der Waals surface area contributed by atoms with Gasteiger partial charge in [-0.3, -0.25) is 4.79 Å². The van der Waals surface area contributed by atoms with Crippen LogP contribution in [0.15, 0.2) is 17.0 Å². The second-order valence-electron chi connectivity index (χ2n) is 5.24. The summed E-state index contributed by atoms with van der Waals surface area (Å²) in [5.74, 6) is -1.48. The summed E-state index contributed by atoms with van der Waals surface area (Å²) < 4.78 is 36.4. The second kappa shape index (κ2) is 5.09. The maximum atomic E-state index is 13.7. The highest BCUT2D eigenvalue weighted by atomic mass is 35.7. The monoisotopic (exact) mass is 307 g/mol. The molecule has 0 fully saturated rings. The SMILES string of the molecule is Cc1cc(F)c(C(=O)NC(C)(C)C)cc1S(=O)(=O)Cl. The Hall–Kier alpha value is -1.14. The maximum Gasteiger partial charge on any atom is 0.261 e. The van der Waals surface area contributed by atoms with Gasteiger partial charge in [-0.1, -0.05) is 0 Å². The first kappa shape index (κ1) is 15.9. The fraction of sp³-hybridized carbons (Fsp3) is 0.417. The summed E-state index contributed by atoms with van der Waals surface area (Å²) >= 11 is 0. The third kappa shape index (κ3) is 4.18. The highest BCUT2D eigenvalue weighted by Crippen LogP contribution is 2.23. The smallest absolute Gasteiger partial charge is 0.261 e. The normalized spacial score (nSPS) is 12.3. The molecule has 0 heterocycles. The maximum absolute atomic E-state index is 13.7. The number of halogens is 2.